The maximum atomic E-state index is 12.3. The van der Waals surface area contributed by atoms with Gasteiger partial charge in [-0.25, -0.2) is 4.79 Å². The molecule has 1 fully saturated rings. The molecule has 0 unspecified atom stereocenters. The lowest BCUT2D eigenvalue weighted by atomic mass is 10.0. The van der Waals surface area contributed by atoms with Crippen LogP contribution in [-0.2, 0) is 18.3 Å². The zero-order valence-electron chi connectivity index (χ0n) is 13.8. The van der Waals surface area contributed by atoms with E-state index >= 15 is 0 Å². The number of aromatic amines is 1. The van der Waals surface area contributed by atoms with Crippen LogP contribution in [0, 0.1) is 5.92 Å². The molecule has 1 aliphatic heterocycles. The van der Waals surface area contributed by atoms with Crippen LogP contribution in [0.2, 0.25) is 0 Å². The van der Waals surface area contributed by atoms with Gasteiger partial charge in [0.05, 0.1) is 6.61 Å². The summed E-state index contributed by atoms with van der Waals surface area (Å²) < 4.78 is 8.43. The monoisotopic (exact) mass is 321 g/mol. The van der Waals surface area contributed by atoms with Gasteiger partial charge >= 0.3 is 5.69 Å². The first-order valence-corrected chi connectivity index (χ1v) is 7.96. The fourth-order valence-electron chi connectivity index (χ4n) is 3.23. The van der Waals surface area contributed by atoms with Crippen molar-refractivity contribution in [2.75, 3.05) is 31.7 Å². The minimum absolute atomic E-state index is 0.400. The predicted octanol–water partition coefficient (Wildman–Crippen LogP) is 0.306. The molecule has 126 valence electrons. The number of methoxy groups -OCH3 is 1. The third-order valence-electron chi connectivity index (χ3n) is 4.45. The van der Waals surface area contributed by atoms with Crippen molar-refractivity contribution < 1.29 is 4.74 Å². The Morgan fingerprint density at radius 2 is 2.17 bits per heavy atom. The van der Waals surface area contributed by atoms with Crippen LogP contribution < -0.4 is 16.1 Å². The zero-order chi connectivity index (χ0) is 16.6. The molecule has 1 atom stereocenters. The molecule has 2 aromatic heterocycles. The number of hydrogen-bond donors (Lipinski definition) is 1. The number of piperidine rings is 1. The molecule has 0 aromatic carbocycles. The highest BCUT2D eigenvalue weighted by Crippen LogP contribution is 2.24. The van der Waals surface area contributed by atoms with Gasteiger partial charge in [-0.15, -0.1) is 0 Å². The molecule has 3 rings (SSSR count). The van der Waals surface area contributed by atoms with Gasteiger partial charge in [-0.05, 0) is 18.8 Å². The Labute approximate surface area is 133 Å². The Balaban J connectivity index is 2.19. The van der Waals surface area contributed by atoms with E-state index in [1.165, 1.54) is 11.0 Å². The van der Waals surface area contributed by atoms with Crippen molar-refractivity contribution in [2.24, 2.45) is 13.0 Å². The third-order valence-corrected chi connectivity index (χ3v) is 4.45. The number of aryl methyl sites for hydroxylation is 1. The second kappa shape index (κ2) is 6.19. The highest BCUT2D eigenvalue weighted by atomic mass is 16.5. The fraction of sp³-hybridized carbons (Fsp3) is 0.667. The second-order valence-electron chi connectivity index (χ2n) is 6.24. The Hall–Kier alpha value is -2.09. The maximum absolute atomic E-state index is 12.3. The lowest BCUT2D eigenvalue weighted by Crippen LogP contribution is -2.36. The van der Waals surface area contributed by atoms with Gasteiger partial charge in [0.1, 0.15) is 0 Å². The summed E-state index contributed by atoms with van der Waals surface area (Å²) in [5.41, 5.74) is 0.000853. The van der Waals surface area contributed by atoms with Gasteiger partial charge in [0.25, 0.3) is 5.56 Å². The van der Waals surface area contributed by atoms with Gasteiger partial charge in [-0.3, -0.25) is 14.3 Å². The van der Waals surface area contributed by atoms with Crippen LogP contribution in [0.4, 0.5) is 5.95 Å². The van der Waals surface area contributed by atoms with E-state index in [1.807, 2.05) is 4.57 Å². The topological polar surface area (TPSA) is 85.2 Å². The summed E-state index contributed by atoms with van der Waals surface area (Å²) in [7, 11) is 3.25. The largest absolute Gasteiger partial charge is 0.383 e. The number of nitrogens with one attached hydrogen (secondary N) is 1. The second-order valence-corrected chi connectivity index (χ2v) is 6.24. The van der Waals surface area contributed by atoms with Gasteiger partial charge in [-0.1, -0.05) is 6.92 Å². The number of ether oxygens (including phenoxy) is 1. The zero-order valence-corrected chi connectivity index (χ0v) is 13.8. The molecule has 0 saturated carbocycles. The molecule has 0 spiro atoms. The van der Waals surface area contributed by atoms with Gasteiger partial charge in [0.2, 0.25) is 5.95 Å². The summed E-state index contributed by atoms with van der Waals surface area (Å²) in [5.74, 6) is 1.33. The molecule has 0 radical (unpaired) electrons. The Bertz CT molecular complexity index is 819. The average molecular weight is 321 g/mol. The average Bonchev–Trinajstić information content (AvgIpc) is 2.91. The SMILES string of the molecule is COCCn1c(N2CCC[C@@H](C)C2)nc2c1c(=O)[nH]c(=O)n2C. The van der Waals surface area contributed by atoms with E-state index < -0.39 is 11.2 Å². The molecule has 1 aliphatic rings. The summed E-state index contributed by atoms with van der Waals surface area (Å²) in [6, 6.07) is 0. The molecule has 0 bridgehead atoms. The molecule has 1 N–H and O–H groups in total. The molecule has 1 saturated heterocycles. The first kappa shape index (κ1) is 15.8. The van der Waals surface area contributed by atoms with Crippen molar-refractivity contribution in [1.29, 1.82) is 0 Å². The highest BCUT2D eigenvalue weighted by molar-refractivity contribution is 5.74. The van der Waals surface area contributed by atoms with Crippen molar-refractivity contribution in [3.8, 4) is 0 Å². The number of anilines is 1. The van der Waals surface area contributed by atoms with Crippen LogP contribution in [-0.4, -0.2) is 45.9 Å². The molecule has 8 heteroatoms. The van der Waals surface area contributed by atoms with Crippen LogP contribution in [0.15, 0.2) is 9.59 Å². The van der Waals surface area contributed by atoms with Gasteiger partial charge in [0.15, 0.2) is 11.2 Å². The number of H-pyrrole nitrogens is 1. The van der Waals surface area contributed by atoms with E-state index in [9.17, 15) is 9.59 Å². The summed E-state index contributed by atoms with van der Waals surface area (Å²) in [4.78, 5) is 33.3. The Morgan fingerprint density at radius 1 is 1.39 bits per heavy atom. The molecule has 0 aliphatic carbocycles. The minimum Gasteiger partial charge on any atom is -0.383 e. The number of imidazole rings is 1. The van der Waals surface area contributed by atoms with E-state index in [-0.39, 0.29) is 0 Å². The van der Waals surface area contributed by atoms with Crippen LogP contribution in [0.5, 0.6) is 0 Å². The molecule has 2 aromatic rings. The van der Waals surface area contributed by atoms with E-state index in [1.54, 1.807) is 14.2 Å². The van der Waals surface area contributed by atoms with Crippen LogP contribution in [0.1, 0.15) is 19.8 Å². The van der Waals surface area contributed by atoms with Crippen molar-refractivity contribution in [1.82, 2.24) is 19.1 Å². The van der Waals surface area contributed by atoms with Gasteiger partial charge < -0.3 is 14.2 Å². The standard InChI is InChI=1S/C15H23N5O3/c1-10-5-4-6-19(9-10)14-16-12-11(20(14)7-8-23-3)13(21)17-15(22)18(12)2/h10H,4-9H2,1-3H3,(H,17,21,22)/t10-/m1/s1. The molecule has 0 amide bonds. The number of aromatic nitrogens is 4. The van der Waals surface area contributed by atoms with Crippen LogP contribution in [0.25, 0.3) is 11.2 Å². The lowest BCUT2D eigenvalue weighted by Gasteiger charge is -2.32. The van der Waals surface area contributed by atoms with Crippen molar-refractivity contribution >= 4 is 17.1 Å². The van der Waals surface area contributed by atoms with E-state index in [0.717, 1.165) is 25.5 Å². The number of fused-ring (bicyclic) bond motifs is 1. The van der Waals surface area contributed by atoms with Crippen LogP contribution >= 0.6 is 0 Å². The molecular formula is C15H23N5O3. The quantitative estimate of drug-likeness (QED) is 0.876. The number of nitrogens with zero attached hydrogens (tertiary/aromatic N) is 4. The predicted molar refractivity (Wildman–Crippen MR) is 88.1 cm³/mol. The lowest BCUT2D eigenvalue weighted by molar-refractivity contribution is 0.188. The van der Waals surface area contributed by atoms with Crippen molar-refractivity contribution in [2.45, 2.75) is 26.3 Å². The number of rotatable bonds is 4. The minimum atomic E-state index is -0.447. The van der Waals surface area contributed by atoms with E-state index in [2.05, 4.69) is 21.8 Å². The molecule has 3 heterocycles. The van der Waals surface area contributed by atoms with E-state index in [4.69, 9.17) is 4.74 Å². The number of hydrogen-bond acceptors (Lipinski definition) is 5. The Kier molecular flexibility index (Phi) is 4.25. The smallest absolute Gasteiger partial charge is 0.329 e. The summed E-state index contributed by atoms with van der Waals surface area (Å²) in [6.45, 7) is 5.03. The summed E-state index contributed by atoms with van der Waals surface area (Å²) >= 11 is 0. The fourth-order valence-corrected chi connectivity index (χ4v) is 3.23. The summed E-state index contributed by atoms with van der Waals surface area (Å²) in [6.07, 6.45) is 2.30. The van der Waals surface area contributed by atoms with E-state index in [0.29, 0.717) is 30.2 Å². The first-order chi connectivity index (χ1) is 11.0. The van der Waals surface area contributed by atoms with Crippen molar-refractivity contribution in [3.63, 3.8) is 0 Å². The highest BCUT2D eigenvalue weighted by Gasteiger charge is 2.24. The third kappa shape index (κ3) is 2.78. The maximum Gasteiger partial charge on any atom is 0.329 e. The summed E-state index contributed by atoms with van der Waals surface area (Å²) in [5, 5.41) is 0. The van der Waals surface area contributed by atoms with Gasteiger partial charge in [0, 0.05) is 33.8 Å². The molecular weight excluding hydrogens is 298 g/mol. The van der Waals surface area contributed by atoms with Crippen LogP contribution in [0.3, 0.4) is 0 Å². The molecule has 23 heavy (non-hydrogen) atoms. The molecule has 8 nitrogen and oxygen atoms in total. The van der Waals surface area contributed by atoms with Gasteiger partial charge in [-0.2, -0.15) is 4.98 Å². The normalized spacial score (nSPS) is 18.7. The first-order valence-electron chi connectivity index (χ1n) is 7.96. The Morgan fingerprint density at radius 3 is 2.87 bits per heavy atom. The van der Waals surface area contributed by atoms with Crippen molar-refractivity contribution in [3.05, 3.63) is 20.8 Å².